The third-order valence-electron chi connectivity index (χ3n) is 9.94. The number of carbonyl (C=O) groups excluding carboxylic acids is 4. The lowest BCUT2D eigenvalue weighted by molar-refractivity contribution is -0.139. The molecule has 7 heteroatoms. The second-order valence-corrected chi connectivity index (χ2v) is 12.3. The number of anilines is 2. The summed E-state index contributed by atoms with van der Waals surface area (Å²) in [6.45, 7) is 4.00. The van der Waals surface area contributed by atoms with E-state index in [2.05, 4.69) is 24.3 Å². The standard InChI is InChI=1S/C37H30N2O5/c1-20-9-3-8-14-28(20)38-19-22(18-30(38)40)37(43)44-23-15-16-29(21(2)17-23)39-35(41)33-31-24-10-4-5-11-25(24)32(34(33)36(39)42)27-13-7-6-12-26(27)31/h3-17,22,31-34H,18-19H2,1-2H3/t22-,31?,32?,33+,34+/m1/s1. The lowest BCUT2D eigenvalue weighted by Gasteiger charge is -2.45. The van der Waals surface area contributed by atoms with Gasteiger partial charge in [-0.05, 0) is 71.5 Å². The molecular weight excluding hydrogens is 552 g/mol. The van der Waals surface area contributed by atoms with E-state index < -0.39 is 23.7 Å². The number of aryl methyl sites for hydroxylation is 2. The van der Waals surface area contributed by atoms with Crippen LogP contribution in [0.25, 0.3) is 0 Å². The number of amides is 3. The number of hydrogen-bond acceptors (Lipinski definition) is 5. The van der Waals surface area contributed by atoms with Crippen LogP contribution in [0.2, 0.25) is 0 Å². The molecule has 2 bridgehead atoms. The lowest BCUT2D eigenvalue weighted by Crippen LogP contribution is -2.41. The zero-order chi connectivity index (χ0) is 30.3. The molecular formula is C37H30N2O5. The largest absolute Gasteiger partial charge is 0.426 e. The first-order chi connectivity index (χ1) is 21.3. The maximum Gasteiger partial charge on any atom is 0.316 e. The van der Waals surface area contributed by atoms with Crippen LogP contribution < -0.4 is 14.5 Å². The highest BCUT2D eigenvalue weighted by Gasteiger charge is 2.61. The third-order valence-corrected chi connectivity index (χ3v) is 9.94. The Morgan fingerprint density at radius 2 is 1.23 bits per heavy atom. The monoisotopic (exact) mass is 582 g/mol. The van der Waals surface area contributed by atoms with Crippen LogP contribution in [0.15, 0.2) is 91.0 Å². The van der Waals surface area contributed by atoms with E-state index >= 15 is 0 Å². The highest BCUT2D eigenvalue weighted by molar-refractivity contribution is 6.23. The first-order valence-electron chi connectivity index (χ1n) is 15.1. The Morgan fingerprint density at radius 3 is 1.77 bits per heavy atom. The molecule has 2 saturated heterocycles. The minimum absolute atomic E-state index is 0.0803. The Kier molecular flexibility index (Phi) is 5.88. The SMILES string of the molecule is Cc1ccccc1N1C[C@H](C(=O)Oc2ccc(N3C(=O)[C@H]4C5c6ccccc6C(c6ccccc65)[C@@H]4C3=O)c(C)c2)CC1=O. The van der Waals surface area contributed by atoms with Crippen LogP contribution in [0.4, 0.5) is 11.4 Å². The number of nitrogens with zero attached hydrogens (tertiary/aromatic N) is 2. The second-order valence-electron chi connectivity index (χ2n) is 12.3. The Labute approximate surface area is 255 Å². The van der Waals surface area contributed by atoms with E-state index in [0.29, 0.717) is 17.0 Å². The Hall–Kier alpha value is -5.04. The van der Waals surface area contributed by atoms with Crippen molar-refractivity contribution in [3.8, 4) is 5.75 Å². The quantitative estimate of drug-likeness (QED) is 0.176. The molecule has 0 unspecified atom stereocenters. The van der Waals surface area contributed by atoms with Gasteiger partial charge in [0.1, 0.15) is 5.75 Å². The molecule has 3 aliphatic carbocycles. The molecule has 3 amide bonds. The van der Waals surface area contributed by atoms with Gasteiger partial charge in [0.05, 0.1) is 23.4 Å². The van der Waals surface area contributed by atoms with E-state index in [1.54, 1.807) is 23.1 Å². The maximum absolute atomic E-state index is 14.1. The second kappa shape index (κ2) is 9.74. The molecule has 4 aromatic carbocycles. The first-order valence-corrected chi connectivity index (χ1v) is 15.1. The van der Waals surface area contributed by atoms with Crippen molar-refractivity contribution in [1.82, 2.24) is 0 Å². The summed E-state index contributed by atoms with van der Waals surface area (Å²) in [4.78, 5) is 57.1. The Balaban J connectivity index is 1.05. The summed E-state index contributed by atoms with van der Waals surface area (Å²) in [6, 6.07) is 29.0. The molecule has 44 heavy (non-hydrogen) atoms. The van der Waals surface area contributed by atoms with Gasteiger partial charge in [0.2, 0.25) is 17.7 Å². The van der Waals surface area contributed by atoms with Crippen molar-refractivity contribution in [3.05, 3.63) is 124 Å². The molecule has 9 rings (SSSR count). The zero-order valence-electron chi connectivity index (χ0n) is 24.4. The molecule has 0 aromatic heterocycles. The van der Waals surface area contributed by atoms with E-state index in [-0.39, 0.29) is 42.5 Å². The molecule has 0 spiro atoms. The number of para-hydroxylation sites is 1. The van der Waals surface area contributed by atoms with Crippen molar-refractivity contribution in [2.75, 3.05) is 16.3 Å². The van der Waals surface area contributed by atoms with Gasteiger partial charge in [-0.15, -0.1) is 0 Å². The normalized spacial score (nSPS) is 24.8. The van der Waals surface area contributed by atoms with Crippen LogP contribution in [-0.2, 0) is 19.2 Å². The number of hydrogen-bond donors (Lipinski definition) is 0. The number of carbonyl (C=O) groups is 4. The fourth-order valence-electron chi connectivity index (χ4n) is 8.02. The van der Waals surface area contributed by atoms with Crippen molar-refractivity contribution in [2.45, 2.75) is 32.1 Å². The highest BCUT2D eigenvalue weighted by Crippen LogP contribution is 2.61. The minimum atomic E-state index is -0.592. The number of benzene rings is 4. The average Bonchev–Trinajstić information content (AvgIpc) is 3.54. The first kappa shape index (κ1) is 26.6. The highest BCUT2D eigenvalue weighted by atomic mass is 16.5. The van der Waals surface area contributed by atoms with E-state index in [1.165, 1.54) is 4.90 Å². The van der Waals surface area contributed by atoms with Gasteiger partial charge in [-0.3, -0.25) is 19.2 Å². The summed E-state index contributed by atoms with van der Waals surface area (Å²) in [5, 5.41) is 0. The molecule has 2 heterocycles. The summed E-state index contributed by atoms with van der Waals surface area (Å²) in [7, 11) is 0. The summed E-state index contributed by atoms with van der Waals surface area (Å²) in [5.74, 6) is -2.52. The van der Waals surface area contributed by atoms with Crippen LogP contribution in [0.3, 0.4) is 0 Å². The summed E-state index contributed by atoms with van der Waals surface area (Å²) in [6.07, 6.45) is 0.0803. The molecule has 2 aliphatic heterocycles. The fraction of sp³-hybridized carbons (Fsp3) is 0.243. The van der Waals surface area contributed by atoms with E-state index in [4.69, 9.17) is 4.74 Å². The van der Waals surface area contributed by atoms with Gasteiger partial charge in [0.25, 0.3) is 0 Å². The van der Waals surface area contributed by atoms with E-state index in [0.717, 1.165) is 33.5 Å². The van der Waals surface area contributed by atoms with Crippen LogP contribution in [-0.4, -0.2) is 30.2 Å². The van der Waals surface area contributed by atoms with Gasteiger partial charge < -0.3 is 9.64 Å². The van der Waals surface area contributed by atoms with Crippen molar-refractivity contribution in [2.24, 2.45) is 17.8 Å². The minimum Gasteiger partial charge on any atom is -0.426 e. The van der Waals surface area contributed by atoms with Gasteiger partial charge in [-0.25, -0.2) is 4.90 Å². The molecule has 0 radical (unpaired) electrons. The summed E-state index contributed by atoms with van der Waals surface area (Å²) in [5.41, 5.74) is 7.44. The van der Waals surface area contributed by atoms with Gasteiger partial charge in [-0.2, -0.15) is 0 Å². The molecule has 0 saturated carbocycles. The summed E-state index contributed by atoms with van der Waals surface area (Å²) < 4.78 is 5.73. The topological polar surface area (TPSA) is 84.0 Å². The third kappa shape index (κ3) is 3.75. The lowest BCUT2D eigenvalue weighted by atomic mass is 9.55. The number of esters is 1. The zero-order valence-corrected chi connectivity index (χ0v) is 24.4. The van der Waals surface area contributed by atoms with E-state index in [1.807, 2.05) is 62.4 Å². The number of imide groups is 1. The molecule has 0 N–H and O–H groups in total. The molecule has 218 valence electrons. The molecule has 3 atom stereocenters. The predicted octanol–water partition coefficient (Wildman–Crippen LogP) is 5.66. The van der Waals surface area contributed by atoms with Gasteiger partial charge >= 0.3 is 5.97 Å². The smallest absolute Gasteiger partial charge is 0.316 e. The van der Waals surface area contributed by atoms with Crippen LogP contribution in [0.1, 0.15) is 51.6 Å². The maximum atomic E-state index is 14.1. The number of rotatable bonds is 4. The van der Waals surface area contributed by atoms with Crippen LogP contribution in [0, 0.1) is 31.6 Å². The van der Waals surface area contributed by atoms with E-state index in [9.17, 15) is 19.2 Å². The van der Waals surface area contributed by atoms with Crippen molar-refractivity contribution >= 4 is 35.1 Å². The Morgan fingerprint density at radius 1 is 0.682 bits per heavy atom. The molecule has 2 fully saturated rings. The molecule has 7 nitrogen and oxygen atoms in total. The van der Waals surface area contributed by atoms with Gasteiger partial charge in [-0.1, -0.05) is 66.7 Å². The molecule has 5 aliphatic rings. The van der Waals surface area contributed by atoms with Crippen LogP contribution in [0.5, 0.6) is 5.75 Å². The summed E-state index contributed by atoms with van der Waals surface area (Å²) >= 11 is 0. The predicted molar refractivity (Wildman–Crippen MR) is 164 cm³/mol. The Bertz CT molecular complexity index is 1800. The molecule has 4 aromatic rings. The van der Waals surface area contributed by atoms with Gasteiger partial charge in [0, 0.05) is 30.5 Å². The van der Waals surface area contributed by atoms with Crippen molar-refractivity contribution in [3.63, 3.8) is 0 Å². The average molecular weight is 583 g/mol. The van der Waals surface area contributed by atoms with Crippen molar-refractivity contribution in [1.29, 1.82) is 0 Å². The fourth-order valence-corrected chi connectivity index (χ4v) is 8.02. The van der Waals surface area contributed by atoms with Crippen LogP contribution >= 0.6 is 0 Å². The van der Waals surface area contributed by atoms with Gasteiger partial charge in [0.15, 0.2) is 0 Å². The van der Waals surface area contributed by atoms with Crippen molar-refractivity contribution < 1.29 is 23.9 Å². The number of ether oxygens (including phenoxy) is 1.